The molecule has 6 rings (SSSR count). The van der Waals surface area contributed by atoms with Gasteiger partial charge in [0, 0.05) is 36.3 Å². The predicted octanol–water partition coefficient (Wildman–Crippen LogP) is 6.31. The van der Waals surface area contributed by atoms with E-state index in [1.54, 1.807) is 13.0 Å². The van der Waals surface area contributed by atoms with Gasteiger partial charge in [0.2, 0.25) is 11.8 Å². The van der Waals surface area contributed by atoms with Gasteiger partial charge >= 0.3 is 0 Å². The van der Waals surface area contributed by atoms with Gasteiger partial charge in [0.05, 0.1) is 22.8 Å². The molecule has 3 aromatic carbocycles. The highest BCUT2D eigenvalue weighted by molar-refractivity contribution is 5.98. The number of anilines is 1. The number of piperidine rings is 1. The van der Waals surface area contributed by atoms with Crippen LogP contribution in [0.15, 0.2) is 71.1 Å². The maximum Gasteiger partial charge on any atom is 0.254 e. The number of rotatable bonds is 7. The van der Waals surface area contributed by atoms with Crippen LogP contribution < -0.4 is 10.6 Å². The van der Waals surface area contributed by atoms with Crippen LogP contribution in [-0.4, -0.2) is 46.7 Å². The molecule has 8 nitrogen and oxygen atoms in total. The molecule has 1 amide bonds. The molecule has 2 fully saturated rings. The lowest BCUT2D eigenvalue weighted by Crippen LogP contribution is -2.35. The molecule has 228 valence electrons. The molecule has 45 heavy (non-hydrogen) atoms. The van der Waals surface area contributed by atoms with Crippen molar-refractivity contribution >= 4 is 11.6 Å². The van der Waals surface area contributed by atoms with Gasteiger partial charge in [-0.25, -0.2) is 0 Å². The molecule has 0 spiro atoms. The zero-order chi connectivity index (χ0) is 31.4. The summed E-state index contributed by atoms with van der Waals surface area (Å²) in [6, 6.07) is 23.8. The molecule has 0 aliphatic carbocycles. The number of nitriles is 1. The van der Waals surface area contributed by atoms with Gasteiger partial charge in [0.25, 0.3) is 5.91 Å². The maximum absolute atomic E-state index is 14.0. The molecular weight excluding hydrogens is 560 g/mol. The van der Waals surface area contributed by atoms with Gasteiger partial charge in [-0.3, -0.25) is 4.79 Å². The number of likely N-dealkylation sites (tertiary alicyclic amines) is 1. The Morgan fingerprint density at radius 1 is 1.00 bits per heavy atom. The Hall–Kier alpha value is -4.92. The summed E-state index contributed by atoms with van der Waals surface area (Å²) in [5.41, 5.74) is 11.0. The third-order valence-corrected chi connectivity index (χ3v) is 8.74. The zero-order valence-electron chi connectivity index (χ0n) is 25.9. The fourth-order valence-electron chi connectivity index (χ4n) is 6.49. The average Bonchev–Trinajstić information content (AvgIpc) is 3.76. The van der Waals surface area contributed by atoms with Crippen molar-refractivity contribution in [2.24, 2.45) is 5.73 Å². The topological polar surface area (TPSA) is 112 Å². The van der Waals surface area contributed by atoms with Crippen LogP contribution in [0.5, 0.6) is 0 Å². The van der Waals surface area contributed by atoms with Crippen molar-refractivity contribution in [3.05, 3.63) is 89.3 Å². The van der Waals surface area contributed by atoms with Crippen LogP contribution in [0, 0.1) is 23.2 Å². The second kappa shape index (κ2) is 13.0. The van der Waals surface area contributed by atoms with Crippen LogP contribution in [0.3, 0.4) is 0 Å². The Bertz CT molecular complexity index is 1790. The molecule has 1 unspecified atom stereocenters. The van der Waals surface area contributed by atoms with E-state index in [9.17, 15) is 10.1 Å². The lowest BCUT2D eigenvalue weighted by atomic mass is 9.93. The molecule has 0 radical (unpaired) electrons. The number of nitrogens with two attached hydrogens (primary N) is 1. The Labute approximate surface area is 264 Å². The van der Waals surface area contributed by atoms with E-state index in [1.807, 2.05) is 72.5 Å². The zero-order valence-corrected chi connectivity index (χ0v) is 25.9. The molecule has 0 bridgehead atoms. The Morgan fingerprint density at radius 2 is 1.78 bits per heavy atom. The first-order chi connectivity index (χ1) is 21.9. The van der Waals surface area contributed by atoms with Crippen LogP contribution in [-0.2, 0) is 12.0 Å². The van der Waals surface area contributed by atoms with Crippen LogP contribution in [0.4, 0.5) is 5.69 Å². The third kappa shape index (κ3) is 6.34. The van der Waals surface area contributed by atoms with E-state index >= 15 is 0 Å². The SMILES string of the molecule is CC#CC1CCCN1C(=O)c1cc(-c2nnc([C@](C)(N)Cc3ccccc3)o2)cc(-c2cccc(N3CCCCC3)c2C#N)c1. The van der Waals surface area contributed by atoms with Crippen molar-refractivity contribution in [2.75, 3.05) is 24.5 Å². The Kier molecular flexibility index (Phi) is 8.69. The second-order valence-electron chi connectivity index (χ2n) is 12.2. The number of nitrogens with zero attached hydrogens (tertiary/aromatic N) is 5. The molecule has 2 atom stereocenters. The number of benzene rings is 3. The van der Waals surface area contributed by atoms with E-state index in [-0.39, 0.29) is 17.8 Å². The van der Waals surface area contributed by atoms with E-state index in [0.717, 1.165) is 61.2 Å². The van der Waals surface area contributed by atoms with Gasteiger partial charge in [-0.15, -0.1) is 16.1 Å². The number of hydrogen-bond acceptors (Lipinski definition) is 7. The lowest BCUT2D eigenvalue weighted by molar-refractivity contribution is 0.0766. The van der Waals surface area contributed by atoms with Crippen LogP contribution in [0.1, 0.15) is 73.3 Å². The van der Waals surface area contributed by atoms with E-state index in [1.165, 1.54) is 6.42 Å². The van der Waals surface area contributed by atoms with Crippen molar-refractivity contribution in [3.8, 4) is 40.5 Å². The van der Waals surface area contributed by atoms with Crippen LogP contribution in [0.25, 0.3) is 22.6 Å². The molecular formula is C37H38N6O2. The third-order valence-electron chi connectivity index (χ3n) is 8.74. The fourth-order valence-corrected chi connectivity index (χ4v) is 6.49. The first-order valence-electron chi connectivity index (χ1n) is 15.7. The Balaban J connectivity index is 1.43. The molecule has 1 aromatic heterocycles. The van der Waals surface area contributed by atoms with Gasteiger partial charge in [-0.2, -0.15) is 5.26 Å². The van der Waals surface area contributed by atoms with E-state index in [0.29, 0.717) is 35.5 Å². The molecule has 4 aromatic rings. The van der Waals surface area contributed by atoms with Crippen LogP contribution in [0.2, 0.25) is 0 Å². The largest absolute Gasteiger partial charge is 0.419 e. The van der Waals surface area contributed by atoms with Crippen molar-refractivity contribution in [1.82, 2.24) is 15.1 Å². The van der Waals surface area contributed by atoms with Gasteiger partial charge in [-0.05, 0) is 87.8 Å². The lowest BCUT2D eigenvalue weighted by Gasteiger charge is -2.30. The van der Waals surface area contributed by atoms with E-state index < -0.39 is 5.54 Å². The van der Waals surface area contributed by atoms with Crippen molar-refractivity contribution in [2.45, 2.75) is 64.0 Å². The van der Waals surface area contributed by atoms with Gasteiger partial charge < -0.3 is 20.0 Å². The molecule has 2 saturated heterocycles. The number of amides is 1. The maximum atomic E-state index is 14.0. The van der Waals surface area contributed by atoms with Gasteiger partial charge in [-0.1, -0.05) is 48.4 Å². The smallest absolute Gasteiger partial charge is 0.254 e. The summed E-state index contributed by atoms with van der Waals surface area (Å²) in [4.78, 5) is 18.2. The summed E-state index contributed by atoms with van der Waals surface area (Å²) in [7, 11) is 0. The molecule has 3 heterocycles. The average molecular weight is 599 g/mol. The number of carbonyl (C=O) groups is 1. The molecule has 2 N–H and O–H groups in total. The minimum atomic E-state index is -0.902. The highest BCUT2D eigenvalue weighted by atomic mass is 16.4. The van der Waals surface area contributed by atoms with E-state index in [2.05, 4.69) is 33.0 Å². The minimum absolute atomic E-state index is 0.110. The molecule has 8 heteroatoms. The van der Waals surface area contributed by atoms with Crippen molar-refractivity contribution in [1.29, 1.82) is 5.26 Å². The van der Waals surface area contributed by atoms with E-state index in [4.69, 9.17) is 10.2 Å². The monoisotopic (exact) mass is 598 g/mol. The number of aromatic nitrogens is 2. The molecule has 2 aliphatic rings. The summed E-state index contributed by atoms with van der Waals surface area (Å²) in [5.74, 6) is 6.63. The van der Waals surface area contributed by atoms with Gasteiger partial charge in [0.1, 0.15) is 6.07 Å². The van der Waals surface area contributed by atoms with Crippen molar-refractivity contribution < 1.29 is 9.21 Å². The van der Waals surface area contributed by atoms with Crippen molar-refractivity contribution in [3.63, 3.8) is 0 Å². The normalized spacial score (nSPS) is 17.7. The summed E-state index contributed by atoms with van der Waals surface area (Å²) in [6.45, 7) is 6.15. The summed E-state index contributed by atoms with van der Waals surface area (Å²) in [6.07, 6.45) is 5.67. The quantitative estimate of drug-likeness (QED) is 0.248. The molecule has 0 saturated carbocycles. The highest BCUT2D eigenvalue weighted by Gasteiger charge is 2.31. The van der Waals surface area contributed by atoms with Crippen LogP contribution >= 0.6 is 0 Å². The molecule has 2 aliphatic heterocycles. The summed E-state index contributed by atoms with van der Waals surface area (Å²) < 4.78 is 6.23. The predicted molar refractivity (Wildman–Crippen MR) is 175 cm³/mol. The Morgan fingerprint density at radius 3 is 2.53 bits per heavy atom. The number of hydrogen-bond donors (Lipinski definition) is 1. The number of carbonyl (C=O) groups excluding carboxylic acids is 1. The first kappa shape index (κ1) is 30.1. The van der Waals surface area contributed by atoms with Gasteiger partial charge in [0.15, 0.2) is 0 Å². The standard InChI is InChI=1S/C37H38N6O2/c1-3-12-30-15-11-20-43(30)35(44)29-22-27(31-16-10-17-33(32(31)25-38)42-18-8-5-9-19-42)21-28(23-29)34-40-41-36(45-34)37(2,39)24-26-13-6-4-7-14-26/h4,6-7,10,13-14,16-17,21-23,30H,5,8-9,11,15,18-20,24,39H2,1-2H3/t30?,37-/m1/s1. The fraction of sp³-hybridized carbons (Fsp3) is 0.351. The second-order valence-corrected chi connectivity index (χ2v) is 12.2. The minimum Gasteiger partial charge on any atom is -0.419 e. The summed E-state index contributed by atoms with van der Waals surface area (Å²) in [5, 5.41) is 19.1. The first-order valence-corrected chi connectivity index (χ1v) is 15.7. The highest BCUT2D eigenvalue weighted by Crippen LogP contribution is 2.36. The summed E-state index contributed by atoms with van der Waals surface area (Å²) >= 11 is 0.